The van der Waals surface area contributed by atoms with E-state index in [1.807, 2.05) is 0 Å². The number of nitrogens with one attached hydrogen (secondary N) is 1. The minimum atomic E-state index is -1.05. The van der Waals surface area contributed by atoms with Crippen molar-refractivity contribution in [1.29, 1.82) is 0 Å². The molecule has 5 nitrogen and oxygen atoms in total. The summed E-state index contributed by atoms with van der Waals surface area (Å²) in [6.07, 6.45) is 1.07. The summed E-state index contributed by atoms with van der Waals surface area (Å²) in [5, 5.41) is 11.8. The molecule has 18 heavy (non-hydrogen) atoms. The van der Waals surface area contributed by atoms with E-state index in [-0.39, 0.29) is 11.5 Å². The summed E-state index contributed by atoms with van der Waals surface area (Å²) in [5.74, 6) is -1.32. The Bertz CT molecular complexity index is 478. The normalized spacial score (nSPS) is 18.6. The Labute approximate surface area is 105 Å². The van der Waals surface area contributed by atoms with Gasteiger partial charge in [-0.05, 0) is 31.4 Å². The van der Waals surface area contributed by atoms with Crippen molar-refractivity contribution in [2.24, 2.45) is 0 Å². The largest absolute Gasteiger partial charge is 0.478 e. The second kappa shape index (κ2) is 5.18. The summed E-state index contributed by atoms with van der Waals surface area (Å²) < 4.78 is 5.26. The number of amides is 1. The molecule has 2 N–H and O–H groups in total. The first-order valence-electron chi connectivity index (χ1n) is 5.85. The van der Waals surface area contributed by atoms with Gasteiger partial charge >= 0.3 is 5.97 Å². The summed E-state index contributed by atoms with van der Waals surface area (Å²) in [6, 6.07) is 5.00. The van der Waals surface area contributed by atoms with E-state index < -0.39 is 12.1 Å². The van der Waals surface area contributed by atoms with Gasteiger partial charge < -0.3 is 15.2 Å². The van der Waals surface area contributed by atoms with Crippen LogP contribution in [0.1, 0.15) is 28.8 Å². The number of carbonyl (C=O) groups is 2. The van der Waals surface area contributed by atoms with Crippen LogP contribution >= 0.6 is 0 Å². The van der Waals surface area contributed by atoms with E-state index in [4.69, 9.17) is 9.84 Å². The highest BCUT2D eigenvalue weighted by molar-refractivity contribution is 6.02. The maximum atomic E-state index is 11.9. The lowest BCUT2D eigenvalue weighted by Gasteiger charge is -2.13. The van der Waals surface area contributed by atoms with Gasteiger partial charge in [0, 0.05) is 6.61 Å². The van der Waals surface area contributed by atoms with E-state index in [2.05, 4.69) is 5.32 Å². The lowest BCUT2D eigenvalue weighted by atomic mass is 10.1. The van der Waals surface area contributed by atoms with Crippen LogP contribution < -0.4 is 5.32 Å². The maximum absolute atomic E-state index is 11.9. The number of aromatic carboxylic acids is 1. The van der Waals surface area contributed by atoms with Crippen LogP contribution in [0, 0.1) is 6.92 Å². The molecule has 1 saturated heterocycles. The number of aryl methyl sites for hydroxylation is 1. The van der Waals surface area contributed by atoms with Crippen LogP contribution in [0.3, 0.4) is 0 Å². The fraction of sp³-hybridized carbons (Fsp3) is 0.385. The van der Waals surface area contributed by atoms with Crippen LogP contribution in [0.5, 0.6) is 0 Å². The molecule has 5 heteroatoms. The molecule has 0 spiro atoms. The Kier molecular flexibility index (Phi) is 3.62. The van der Waals surface area contributed by atoms with Gasteiger partial charge in [0.25, 0.3) is 5.91 Å². The number of rotatable bonds is 3. The molecule has 2 rings (SSSR count). The SMILES string of the molecule is Cc1cccc(NC(=O)[C@@H]2CCCO2)c1C(=O)O. The van der Waals surface area contributed by atoms with Crippen molar-refractivity contribution < 1.29 is 19.4 Å². The fourth-order valence-electron chi connectivity index (χ4n) is 2.05. The van der Waals surface area contributed by atoms with Crippen LogP contribution in [-0.2, 0) is 9.53 Å². The second-order valence-electron chi connectivity index (χ2n) is 4.29. The van der Waals surface area contributed by atoms with Crippen molar-refractivity contribution in [1.82, 2.24) is 0 Å². The third-order valence-electron chi connectivity index (χ3n) is 2.97. The highest BCUT2D eigenvalue weighted by atomic mass is 16.5. The van der Waals surface area contributed by atoms with Crippen LogP contribution in [0.2, 0.25) is 0 Å². The van der Waals surface area contributed by atoms with E-state index in [1.165, 1.54) is 0 Å². The number of carboxylic acids is 1. The molecule has 0 aliphatic carbocycles. The minimum Gasteiger partial charge on any atom is -0.478 e. The van der Waals surface area contributed by atoms with Gasteiger partial charge in [0.2, 0.25) is 0 Å². The van der Waals surface area contributed by atoms with Crippen molar-refractivity contribution >= 4 is 17.6 Å². The van der Waals surface area contributed by atoms with Crippen LogP contribution in [0.25, 0.3) is 0 Å². The Hall–Kier alpha value is -1.88. The van der Waals surface area contributed by atoms with Gasteiger partial charge in [-0.2, -0.15) is 0 Å². The predicted octanol–water partition coefficient (Wildman–Crippen LogP) is 1.81. The molecule has 1 atom stereocenters. The number of ether oxygens (including phenoxy) is 1. The van der Waals surface area contributed by atoms with E-state index in [1.54, 1.807) is 25.1 Å². The molecular formula is C13H15NO4. The van der Waals surface area contributed by atoms with E-state index in [0.717, 1.165) is 6.42 Å². The molecule has 96 valence electrons. The summed E-state index contributed by atoms with van der Waals surface area (Å²) in [5.41, 5.74) is 1.07. The van der Waals surface area contributed by atoms with Crippen molar-refractivity contribution in [2.45, 2.75) is 25.9 Å². The van der Waals surface area contributed by atoms with Crippen LogP contribution in [-0.4, -0.2) is 29.7 Å². The summed E-state index contributed by atoms with van der Waals surface area (Å²) in [7, 11) is 0. The molecule has 0 radical (unpaired) electrons. The molecule has 0 bridgehead atoms. The highest BCUT2D eigenvalue weighted by Gasteiger charge is 2.25. The Balaban J connectivity index is 2.20. The number of benzene rings is 1. The molecular weight excluding hydrogens is 234 g/mol. The summed E-state index contributed by atoms with van der Waals surface area (Å²) >= 11 is 0. The second-order valence-corrected chi connectivity index (χ2v) is 4.29. The predicted molar refractivity (Wildman–Crippen MR) is 65.7 cm³/mol. The van der Waals surface area contributed by atoms with E-state index in [9.17, 15) is 9.59 Å². The zero-order chi connectivity index (χ0) is 13.1. The number of carbonyl (C=O) groups excluding carboxylic acids is 1. The Morgan fingerprint density at radius 1 is 1.44 bits per heavy atom. The maximum Gasteiger partial charge on any atom is 0.338 e. The van der Waals surface area contributed by atoms with Gasteiger partial charge in [-0.25, -0.2) is 4.79 Å². The van der Waals surface area contributed by atoms with Gasteiger partial charge in [0.05, 0.1) is 11.3 Å². The fourth-order valence-corrected chi connectivity index (χ4v) is 2.05. The van der Waals surface area contributed by atoms with Gasteiger partial charge in [-0.3, -0.25) is 4.79 Å². The van der Waals surface area contributed by atoms with Crippen molar-refractivity contribution in [3.63, 3.8) is 0 Å². The number of hydrogen-bond acceptors (Lipinski definition) is 3. The zero-order valence-electron chi connectivity index (χ0n) is 10.1. The monoisotopic (exact) mass is 249 g/mol. The lowest BCUT2D eigenvalue weighted by Crippen LogP contribution is -2.27. The smallest absolute Gasteiger partial charge is 0.338 e. The van der Waals surface area contributed by atoms with Gasteiger partial charge in [-0.1, -0.05) is 12.1 Å². The molecule has 0 aromatic heterocycles. The van der Waals surface area contributed by atoms with Gasteiger partial charge in [0.15, 0.2) is 0 Å². The summed E-state index contributed by atoms with van der Waals surface area (Å²) in [4.78, 5) is 23.0. The molecule has 1 aromatic rings. The topological polar surface area (TPSA) is 75.6 Å². The first kappa shape index (κ1) is 12.6. The molecule has 0 unspecified atom stereocenters. The Morgan fingerprint density at radius 2 is 2.22 bits per heavy atom. The minimum absolute atomic E-state index is 0.129. The summed E-state index contributed by atoms with van der Waals surface area (Å²) in [6.45, 7) is 2.28. The lowest BCUT2D eigenvalue weighted by molar-refractivity contribution is -0.124. The molecule has 1 aliphatic heterocycles. The number of anilines is 1. The molecule has 1 heterocycles. The van der Waals surface area contributed by atoms with E-state index >= 15 is 0 Å². The molecule has 1 fully saturated rings. The van der Waals surface area contributed by atoms with E-state index in [0.29, 0.717) is 24.3 Å². The third kappa shape index (κ3) is 2.51. The average molecular weight is 249 g/mol. The molecule has 1 amide bonds. The third-order valence-corrected chi connectivity index (χ3v) is 2.97. The van der Waals surface area contributed by atoms with Crippen molar-refractivity contribution in [2.75, 3.05) is 11.9 Å². The average Bonchev–Trinajstić information content (AvgIpc) is 2.81. The van der Waals surface area contributed by atoms with Gasteiger partial charge in [0.1, 0.15) is 6.10 Å². The van der Waals surface area contributed by atoms with Crippen LogP contribution in [0.15, 0.2) is 18.2 Å². The number of carboxylic acid groups (broad SMARTS) is 1. The molecule has 1 aliphatic rings. The van der Waals surface area contributed by atoms with Crippen molar-refractivity contribution in [3.05, 3.63) is 29.3 Å². The first-order valence-corrected chi connectivity index (χ1v) is 5.85. The molecule has 1 aromatic carbocycles. The molecule has 0 saturated carbocycles. The highest BCUT2D eigenvalue weighted by Crippen LogP contribution is 2.21. The van der Waals surface area contributed by atoms with Gasteiger partial charge in [-0.15, -0.1) is 0 Å². The van der Waals surface area contributed by atoms with Crippen molar-refractivity contribution in [3.8, 4) is 0 Å². The first-order chi connectivity index (χ1) is 8.59. The standard InChI is InChI=1S/C13H15NO4/c1-8-4-2-5-9(11(8)13(16)17)14-12(15)10-6-3-7-18-10/h2,4-5,10H,3,6-7H2,1H3,(H,14,15)(H,16,17)/t10-/m0/s1. The number of hydrogen-bond donors (Lipinski definition) is 2. The Morgan fingerprint density at radius 3 is 2.83 bits per heavy atom. The quantitative estimate of drug-likeness (QED) is 0.856. The van der Waals surface area contributed by atoms with Crippen LogP contribution in [0.4, 0.5) is 5.69 Å². The zero-order valence-corrected chi connectivity index (χ0v) is 10.1.